The Labute approximate surface area is 137 Å². The molecule has 0 saturated carbocycles. The van der Waals surface area contributed by atoms with Crippen LogP contribution in [-0.4, -0.2) is 44.9 Å². The van der Waals surface area contributed by atoms with E-state index in [4.69, 9.17) is 9.47 Å². The highest BCUT2D eigenvalue weighted by atomic mass is 32.2. The maximum atomic E-state index is 12.2. The van der Waals surface area contributed by atoms with Gasteiger partial charge in [0.05, 0.1) is 24.2 Å². The average Bonchev–Trinajstić information content (AvgIpc) is 2.42. The van der Waals surface area contributed by atoms with E-state index in [0.29, 0.717) is 13.2 Å². The quantitative estimate of drug-likeness (QED) is 0.826. The lowest BCUT2D eigenvalue weighted by atomic mass is 9.98. The van der Waals surface area contributed by atoms with Crippen LogP contribution in [0.4, 0.5) is 4.79 Å². The zero-order valence-corrected chi connectivity index (χ0v) is 14.9. The highest BCUT2D eigenvalue weighted by molar-refractivity contribution is 7.90. The van der Waals surface area contributed by atoms with Crippen molar-refractivity contribution in [2.75, 3.05) is 19.9 Å². The number of ether oxygens (including phenoxy) is 2. The second-order valence-corrected chi connectivity index (χ2v) is 8.77. The molecule has 0 spiro atoms. The Bertz CT molecular complexity index is 706. The second kappa shape index (κ2) is 6.13. The molecule has 23 heavy (non-hydrogen) atoms. The van der Waals surface area contributed by atoms with Gasteiger partial charge in [0.2, 0.25) is 0 Å². The normalized spacial score (nSPS) is 18.2. The van der Waals surface area contributed by atoms with Crippen molar-refractivity contribution >= 4 is 15.9 Å². The van der Waals surface area contributed by atoms with E-state index in [-0.39, 0.29) is 10.9 Å². The maximum Gasteiger partial charge on any atom is 0.410 e. The highest BCUT2D eigenvalue weighted by Crippen LogP contribution is 2.31. The molecule has 6 nitrogen and oxygen atoms in total. The number of amides is 1. The molecule has 0 saturated heterocycles. The maximum absolute atomic E-state index is 12.2. The van der Waals surface area contributed by atoms with Gasteiger partial charge in [0.25, 0.3) is 0 Å². The van der Waals surface area contributed by atoms with Crippen molar-refractivity contribution in [2.45, 2.75) is 43.9 Å². The first kappa shape index (κ1) is 17.7. The van der Waals surface area contributed by atoms with Crippen molar-refractivity contribution in [3.05, 3.63) is 29.3 Å². The fourth-order valence-electron chi connectivity index (χ4n) is 2.41. The van der Waals surface area contributed by atoms with Gasteiger partial charge in [-0.2, -0.15) is 0 Å². The van der Waals surface area contributed by atoms with Crippen LogP contribution in [-0.2, 0) is 25.9 Å². The number of rotatable bonds is 2. The second-order valence-electron chi connectivity index (χ2n) is 6.75. The van der Waals surface area contributed by atoms with Crippen molar-refractivity contribution in [1.29, 1.82) is 0 Å². The average molecular weight is 341 g/mol. The standard InChI is InChI=1S/C16H23NO5S/c1-16(2,3)22-15(18)17(4)14-10-21-9-11-8-12(23(5,19)20)6-7-13(11)14/h6-8,14H,9-10H2,1-5H3. The summed E-state index contributed by atoms with van der Waals surface area (Å²) in [5, 5.41) is 0. The summed E-state index contributed by atoms with van der Waals surface area (Å²) >= 11 is 0. The van der Waals surface area contributed by atoms with E-state index in [1.807, 2.05) is 20.8 Å². The van der Waals surface area contributed by atoms with Crippen LogP contribution in [0.1, 0.15) is 37.9 Å². The molecule has 0 aromatic heterocycles. The zero-order valence-electron chi connectivity index (χ0n) is 14.1. The molecule has 0 radical (unpaired) electrons. The van der Waals surface area contributed by atoms with Crippen molar-refractivity contribution in [3.63, 3.8) is 0 Å². The molecule has 1 heterocycles. The summed E-state index contributed by atoms with van der Waals surface area (Å²) in [7, 11) is -1.62. The largest absolute Gasteiger partial charge is 0.444 e. The molecule has 0 N–H and O–H groups in total. The third-order valence-corrected chi connectivity index (χ3v) is 4.69. The molecule has 128 valence electrons. The van der Waals surface area contributed by atoms with Crippen LogP contribution in [0.15, 0.2) is 23.1 Å². The molecule has 1 aliphatic rings. The van der Waals surface area contributed by atoms with E-state index >= 15 is 0 Å². The molecule has 1 unspecified atom stereocenters. The topological polar surface area (TPSA) is 72.9 Å². The van der Waals surface area contributed by atoms with Gasteiger partial charge in [0, 0.05) is 13.3 Å². The van der Waals surface area contributed by atoms with E-state index in [9.17, 15) is 13.2 Å². The molecule has 0 fully saturated rings. The van der Waals surface area contributed by atoms with Crippen LogP contribution in [0.5, 0.6) is 0 Å². The molecule has 1 aromatic rings. The summed E-state index contributed by atoms with van der Waals surface area (Å²) < 4.78 is 34.3. The number of hydrogen-bond donors (Lipinski definition) is 0. The van der Waals surface area contributed by atoms with Gasteiger partial charge in [-0.3, -0.25) is 0 Å². The van der Waals surface area contributed by atoms with Crippen LogP contribution in [0.3, 0.4) is 0 Å². The number of carbonyl (C=O) groups is 1. The number of benzene rings is 1. The molecule has 7 heteroatoms. The summed E-state index contributed by atoms with van der Waals surface area (Å²) in [4.78, 5) is 14.0. The number of hydrogen-bond acceptors (Lipinski definition) is 5. The Morgan fingerprint density at radius 3 is 2.57 bits per heavy atom. The first-order valence-electron chi connectivity index (χ1n) is 7.35. The summed E-state index contributed by atoms with van der Waals surface area (Å²) in [6, 6.07) is 4.62. The van der Waals surface area contributed by atoms with Crippen LogP contribution >= 0.6 is 0 Å². The van der Waals surface area contributed by atoms with Crippen LogP contribution in [0.2, 0.25) is 0 Å². The monoisotopic (exact) mass is 341 g/mol. The Morgan fingerprint density at radius 2 is 2.00 bits per heavy atom. The van der Waals surface area contributed by atoms with Crippen LogP contribution in [0.25, 0.3) is 0 Å². The Kier molecular flexibility index (Phi) is 4.73. The van der Waals surface area contributed by atoms with Crippen molar-refractivity contribution < 1.29 is 22.7 Å². The molecule has 1 aromatic carbocycles. The minimum absolute atomic E-state index is 0.250. The first-order valence-corrected chi connectivity index (χ1v) is 9.24. The summed E-state index contributed by atoms with van der Waals surface area (Å²) in [6.07, 6.45) is 0.731. The molecule has 1 aliphatic heterocycles. The molecule has 0 bridgehead atoms. The molecule has 1 atom stereocenters. The number of sulfone groups is 1. The number of nitrogens with zero attached hydrogens (tertiary/aromatic N) is 1. The molecular formula is C16H23NO5S. The Morgan fingerprint density at radius 1 is 1.35 bits per heavy atom. The van der Waals surface area contributed by atoms with Gasteiger partial charge in [-0.05, 0) is 44.0 Å². The predicted octanol–water partition coefficient (Wildman–Crippen LogP) is 2.53. The van der Waals surface area contributed by atoms with Crippen molar-refractivity contribution in [1.82, 2.24) is 4.90 Å². The lowest BCUT2D eigenvalue weighted by Crippen LogP contribution is -2.39. The number of likely N-dealkylation sites (N-methyl/N-ethyl adjacent to an activating group) is 1. The molecule has 0 aliphatic carbocycles. The van der Waals surface area contributed by atoms with Gasteiger partial charge in [-0.25, -0.2) is 13.2 Å². The number of carbonyl (C=O) groups excluding carboxylic acids is 1. The third kappa shape index (κ3) is 4.23. The van der Waals surface area contributed by atoms with Crippen molar-refractivity contribution in [3.8, 4) is 0 Å². The van der Waals surface area contributed by atoms with Gasteiger partial charge >= 0.3 is 6.09 Å². The minimum atomic E-state index is -3.28. The Hall–Kier alpha value is -1.60. The minimum Gasteiger partial charge on any atom is -0.444 e. The van der Waals surface area contributed by atoms with E-state index in [1.54, 1.807) is 25.2 Å². The van der Waals surface area contributed by atoms with Gasteiger partial charge in [0.15, 0.2) is 9.84 Å². The SMILES string of the molecule is CN(C(=O)OC(C)(C)C)C1COCc2cc(S(C)(=O)=O)ccc21. The van der Waals surface area contributed by atoms with Gasteiger partial charge < -0.3 is 14.4 Å². The van der Waals surface area contributed by atoms with E-state index in [0.717, 1.165) is 11.1 Å². The van der Waals surface area contributed by atoms with Crippen molar-refractivity contribution in [2.24, 2.45) is 0 Å². The first-order chi connectivity index (χ1) is 10.5. The molecule has 2 rings (SSSR count). The van der Waals surface area contributed by atoms with Crippen LogP contribution in [0, 0.1) is 0 Å². The smallest absolute Gasteiger partial charge is 0.410 e. The fourth-order valence-corrected chi connectivity index (χ4v) is 3.09. The molecule has 1 amide bonds. The summed E-state index contributed by atoms with van der Waals surface area (Å²) in [5.74, 6) is 0. The van der Waals surface area contributed by atoms with Gasteiger partial charge in [-0.1, -0.05) is 6.07 Å². The van der Waals surface area contributed by atoms with Gasteiger partial charge in [-0.15, -0.1) is 0 Å². The lowest BCUT2D eigenvalue weighted by Gasteiger charge is -2.34. The molecular weight excluding hydrogens is 318 g/mol. The predicted molar refractivity (Wildman–Crippen MR) is 85.9 cm³/mol. The third-order valence-electron chi connectivity index (χ3n) is 3.58. The number of fused-ring (bicyclic) bond motifs is 1. The zero-order chi connectivity index (χ0) is 17.4. The summed E-state index contributed by atoms with van der Waals surface area (Å²) in [5.41, 5.74) is 1.08. The van der Waals surface area contributed by atoms with Gasteiger partial charge in [0.1, 0.15) is 5.60 Å². The van der Waals surface area contributed by atoms with E-state index < -0.39 is 21.5 Å². The van der Waals surface area contributed by atoms with E-state index in [2.05, 4.69) is 0 Å². The fraction of sp³-hybridized carbons (Fsp3) is 0.562. The lowest BCUT2D eigenvalue weighted by molar-refractivity contribution is -0.000415. The van der Waals surface area contributed by atoms with E-state index in [1.165, 1.54) is 11.2 Å². The Balaban J connectivity index is 2.30. The summed E-state index contributed by atoms with van der Waals surface area (Å²) in [6.45, 7) is 6.10. The van der Waals surface area contributed by atoms with Crippen LogP contribution < -0.4 is 0 Å². The highest BCUT2D eigenvalue weighted by Gasteiger charge is 2.30.